The van der Waals surface area contributed by atoms with Gasteiger partial charge in [0.05, 0.1) is 6.10 Å². The molecule has 88 valence electrons. The van der Waals surface area contributed by atoms with E-state index in [4.69, 9.17) is 5.11 Å². The van der Waals surface area contributed by atoms with E-state index in [9.17, 15) is 13.2 Å². The van der Waals surface area contributed by atoms with Crippen molar-refractivity contribution < 1.29 is 18.3 Å². The van der Waals surface area contributed by atoms with Gasteiger partial charge in [0.2, 0.25) is 0 Å². The Labute approximate surface area is 92.2 Å². The maximum Gasteiger partial charge on any atom is 0.412 e. The minimum absolute atomic E-state index is 0.213. The third-order valence-electron chi connectivity index (χ3n) is 2.04. The molecule has 0 bridgehead atoms. The van der Waals surface area contributed by atoms with Crippen LogP contribution in [-0.4, -0.2) is 17.4 Å². The molecule has 1 aromatic carbocycles. The van der Waals surface area contributed by atoms with Gasteiger partial charge in [-0.3, -0.25) is 0 Å². The molecule has 16 heavy (non-hydrogen) atoms. The van der Waals surface area contributed by atoms with Crippen LogP contribution in [0.25, 0.3) is 0 Å². The molecule has 0 saturated heterocycles. The van der Waals surface area contributed by atoms with Crippen molar-refractivity contribution in [3.05, 3.63) is 47.5 Å². The van der Waals surface area contributed by atoms with E-state index in [1.807, 2.05) is 0 Å². The maximum absolute atomic E-state index is 12.6. The summed E-state index contributed by atoms with van der Waals surface area (Å²) < 4.78 is 37.8. The summed E-state index contributed by atoms with van der Waals surface area (Å²) in [6, 6.07) is 8.37. The molecule has 0 heterocycles. The van der Waals surface area contributed by atoms with Crippen LogP contribution in [-0.2, 0) is 6.42 Å². The van der Waals surface area contributed by atoms with Gasteiger partial charge in [-0.2, -0.15) is 13.2 Å². The normalized spacial score (nSPS) is 14.9. The highest BCUT2D eigenvalue weighted by molar-refractivity contribution is 5.24. The molecule has 1 nitrogen and oxygen atoms in total. The summed E-state index contributed by atoms with van der Waals surface area (Å²) in [5.74, 6) is 0. The van der Waals surface area contributed by atoms with Crippen molar-refractivity contribution in [2.75, 3.05) is 0 Å². The zero-order valence-electron chi connectivity index (χ0n) is 8.83. The van der Waals surface area contributed by atoms with Gasteiger partial charge in [-0.05, 0) is 18.6 Å². The summed E-state index contributed by atoms with van der Waals surface area (Å²) >= 11 is 0. The first-order chi connectivity index (χ1) is 7.39. The molecule has 0 aliphatic carbocycles. The van der Waals surface area contributed by atoms with E-state index in [0.29, 0.717) is 5.56 Å². The Morgan fingerprint density at radius 2 is 1.88 bits per heavy atom. The number of hydrogen-bond acceptors (Lipinski definition) is 1. The number of halogens is 3. The first kappa shape index (κ1) is 12.8. The molecule has 1 N–H and O–H groups in total. The second kappa shape index (κ2) is 5.16. The predicted molar refractivity (Wildman–Crippen MR) is 56.0 cm³/mol. The van der Waals surface area contributed by atoms with E-state index >= 15 is 0 Å². The molecule has 0 unspecified atom stereocenters. The first-order valence-electron chi connectivity index (χ1n) is 4.89. The summed E-state index contributed by atoms with van der Waals surface area (Å²) in [6.45, 7) is 1.30. The van der Waals surface area contributed by atoms with Gasteiger partial charge in [-0.15, -0.1) is 0 Å². The zero-order valence-corrected chi connectivity index (χ0v) is 8.83. The standard InChI is InChI=1S/C12H13F3O/c1-9(16)7-11(12(13,14)15)8-10-5-3-2-4-6-10/h2-7,9,16H,8H2,1H3/b11-7+/t9-/m0/s1. The Balaban J connectivity index is 2.89. The fraction of sp³-hybridized carbons (Fsp3) is 0.333. The minimum Gasteiger partial charge on any atom is -0.389 e. The van der Waals surface area contributed by atoms with Crippen molar-refractivity contribution >= 4 is 0 Å². The van der Waals surface area contributed by atoms with Crippen LogP contribution in [0.15, 0.2) is 42.0 Å². The number of rotatable bonds is 3. The highest BCUT2D eigenvalue weighted by Gasteiger charge is 2.33. The molecule has 0 aliphatic rings. The monoisotopic (exact) mass is 230 g/mol. The first-order valence-corrected chi connectivity index (χ1v) is 4.89. The summed E-state index contributed by atoms with van der Waals surface area (Å²) in [7, 11) is 0. The van der Waals surface area contributed by atoms with Crippen molar-refractivity contribution in [2.24, 2.45) is 0 Å². The molecule has 4 heteroatoms. The van der Waals surface area contributed by atoms with Crippen LogP contribution in [0, 0.1) is 0 Å². The molecule has 0 amide bonds. The predicted octanol–water partition coefficient (Wildman–Crippen LogP) is 3.10. The second-order valence-electron chi connectivity index (χ2n) is 3.59. The lowest BCUT2D eigenvalue weighted by molar-refractivity contribution is -0.0940. The van der Waals surface area contributed by atoms with E-state index in [-0.39, 0.29) is 6.42 Å². The van der Waals surface area contributed by atoms with Crippen molar-refractivity contribution in [2.45, 2.75) is 25.6 Å². The molecule has 1 rings (SSSR count). The fourth-order valence-corrected chi connectivity index (χ4v) is 1.36. The molecular weight excluding hydrogens is 217 g/mol. The number of hydrogen-bond donors (Lipinski definition) is 1. The molecule has 0 aliphatic heterocycles. The lowest BCUT2D eigenvalue weighted by Crippen LogP contribution is -2.16. The van der Waals surface area contributed by atoms with Crippen molar-refractivity contribution in [3.63, 3.8) is 0 Å². The molecule has 0 fully saturated rings. The summed E-state index contributed by atoms with van der Waals surface area (Å²) in [4.78, 5) is 0. The van der Waals surface area contributed by atoms with Gasteiger partial charge in [0, 0.05) is 12.0 Å². The van der Waals surface area contributed by atoms with E-state index in [1.165, 1.54) is 6.92 Å². The van der Waals surface area contributed by atoms with Gasteiger partial charge < -0.3 is 5.11 Å². The molecular formula is C12H13F3O. The zero-order chi connectivity index (χ0) is 12.2. The van der Waals surface area contributed by atoms with Crippen molar-refractivity contribution in [1.29, 1.82) is 0 Å². The smallest absolute Gasteiger partial charge is 0.389 e. The van der Waals surface area contributed by atoms with E-state index in [2.05, 4.69) is 0 Å². The van der Waals surface area contributed by atoms with Crippen LogP contribution in [0.5, 0.6) is 0 Å². The average Bonchev–Trinajstić information content (AvgIpc) is 2.16. The maximum atomic E-state index is 12.6. The Kier molecular flexibility index (Phi) is 4.12. The number of alkyl halides is 3. The van der Waals surface area contributed by atoms with E-state index in [0.717, 1.165) is 6.08 Å². The van der Waals surface area contributed by atoms with Gasteiger partial charge in [0.15, 0.2) is 0 Å². The summed E-state index contributed by atoms with van der Waals surface area (Å²) in [5.41, 5.74) is -0.138. The Morgan fingerprint density at radius 1 is 1.31 bits per heavy atom. The van der Waals surface area contributed by atoms with Crippen LogP contribution in [0.3, 0.4) is 0 Å². The van der Waals surface area contributed by atoms with Gasteiger partial charge >= 0.3 is 6.18 Å². The number of allylic oxidation sites excluding steroid dienone is 1. The molecule has 1 aromatic rings. The Hall–Kier alpha value is -1.29. The van der Waals surface area contributed by atoms with E-state index in [1.54, 1.807) is 30.3 Å². The van der Waals surface area contributed by atoms with E-state index < -0.39 is 17.9 Å². The summed E-state index contributed by atoms with van der Waals surface area (Å²) in [5, 5.41) is 8.99. The quantitative estimate of drug-likeness (QED) is 0.791. The highest BCUT2D eigenvalue weighted by atomic mass is 19.4. The fourth-order valence-electron chi connectivity index (χ4n) is 1.36. The van der Waals surface area contributed by atoms with Crippen molar-refractivity contribution in [1.82, 2.24) is 0 Å². The van der Waals surface area contributed by atoms with Gasteiger partial charge in [0.25, 0.3) is 0 Å². The number of aliphatic hydroxyl groups is 1. The lowest BCUT2D eigenvalue weighted by atomic mass is 10.0. The second-order valence-corrected chi connectivity index (χ2v) is 3.59. The number of benzene rings is 1. The summed E-state index contributed by atoms with van der Waals surface area (Å²) in [6.07, 6.45) is -4.87. The van der Waals surface area contributed by atoms with Crippen LogP contribution in [0.1, 0.15) is 12.5 Å². The van der Waals surface area contributed by atoms with Crippen LogP contribution in [0.4, 0.5) is 13.2 Å². The SMILES string of the molecule is C[C@H](O)/C=C(\Cc1ccccc1)C(F)(F)F. The van der Waals surface area contributed by atoms with Crippen LogP contribution >= 0.6 is 0 Å². The van der Waals surface area contributed by atoms with Gasteiger partial charge in [0.1, 0.15) is 0 Å². The molecule has 0 radical (unpaired) electrons. The molecule has 1 atom stereocenters. The van der Waals surface area contributed by atoms with Gasteiger partial charge in [-0.25, -0.2) is 0 Å². The van der Waals surface area contributed by atoms with Crippen LogP contribution in [0.2, 0.25) is 0 Å². The highest BCUT2D eigenvalue weighted by Crippen LogP contribution is 2.28. The number of aliphatic hydroxyl groups excluding tert-OH is 1. The topological polar surface area (TPSA) is 20.2 Å². The third-order valence-corrected chi connectivity index (χ3v) is 2.04. The molecule has 0 aromatic heterocycles. The van der Waals surface area contributed by atoms with Crippen LogP contribution < -0.4 is 0 Å². The Morgan fingerprint density at radius 3 is 2.31 bits per heavy atom. The van der Waals surface area contributed by atoms with Crippen molar-refractivity contribution in [3.8, 4) is 0 Å². The molecule has 0 saturated carbocycles. The Bertz CT molecular complexity index is 352. The minimum atomic E-state index is -4.40. The third kappa shape index (κ3) is 4.06. The van der Waals surface area contributed by atoms with Gasteiger partial charge in [-0.1, -0.05) is 30.3 Å². The average molecular weight is 230 g/mol. The lowest BCUT2D eigenvalue weighted by Gasteiger charge is -2.12. The molecule has 0 spiro atoms. The largest absolute Gasteiger partial charge is 0.412 e.